The predicted octanol–water partition coefficient (Wildman–Crippen LogP) is 2.11. The summed E-state index contributed by atoms with van der Waals surface area (Å²) in [5.74, 6) is -0.989. The summed E-state index contributed by atoms with van der Waals surface area (Å²) in [6, 6.07) is 11.4. The molecule has 0 heterocycles. The molecule has 0 radical (unpaired) electrons. The Bertz CT molecular complexity index is 1100. The van der Waals surface area contributed by atoms with Crippen molar-refractivity contribution < 1.29 is 27.5 Å². The Morgan fingerprint density at radius 1 is 1.09 bits per heavy atom. The molecule has 1 aliphatic rings. The summed E-state index contributed by atoms with van der Waals surface area (Å²) < 4.78 is 40.6. The molecule has 3 rings (SSSR count). The largest absolute Gasteiger partial charge is 0.396 e. The van der Waals surface area contributed by atoms with Crippen molar-refractivity contribution in [2.75, 3.05) is 13.2 Å². The van der Waals surface area contributed by atoms with E-state index in [1.54, 1.807) is 31.2 Å². The van der Waals surface area contributed by atoms with Gasteiger partial charge in [0.2, 0.25) is 21.8 Å². The molecule has 0 aliphatic heterocycles. The summed E-state index contributed by atoms with van der Waals surface area (Å²) in [6.07, 6.45) is 2.60. The second-order valence-corrected chi connectivity index (χ2v) is 10.4. The van der Waals surface area contributed by atoms with Gasteiger partial charge in [0, 0.05) is 32.2 Å². The third-order valence-corrected chi connectivity index (χ3v) is 7.36. The molecule has 1 unspecified atom stereocenters. The zero-order chi connectivity index (χ0) is 25.4. The quantitative estimate of drug-likeness (QED) is 0.361. The Hall–Kier alpha value is -2.82. The van der Waals surface area contributed by atoms with Crippen LogP contribution >= 0.6 is 0 Å². The van der Waals surface area contributed by atoms with Crippen molar-refractivity contribution in [2.45, 2.75) is 62.6 Å². The Kier molecular flexibility index (Phi) is 9.36. The lowest BCUT2D eigenvalue weighted by Crippen LogP contribution is -2.48. The first kappa shape index (κ1) is 26.8. The van der Waals surface area contributed by atoms with Crippen molar-refractivity contribution in [3.63, 3.8) is 0 Å². The van der Waals surface area contributed by atoms with E-state index in [9.17, 15) is 22.4 Å². The van der Waals surface area contributed by atoms with Crippen LogP contribution in [0.1, 0.15) is 43.7 Å². The number of rotatable bonds is 13. The van der Waals surface area contributed by atoms with E-state index in [-0.39, 0.29) is 48.1 Å². The van der Waals surface area contributed by atoms with Gasteiger partial charge in [-0.1, -0.05) is 24.3 Å². The Morgan fingerprint density at radius 3 is 2.31 bits per heavy atom. The van der Waals surface area contributed by atoms with Crippen LogP contribution in [0.15, 0.2) is 53.4 Å². The van der Waals surface area contributed by atoms with Gasteiger partial charge >= 0.3 is 0 Å². The van der Waals surface area contributed by atoms with E-state index in [4.69, 9.17) is 5.11 Å². The number of aliphatic hydroxyl groups excluding tert-OH is 1. The zero-order valence-electron chi connectivity index (χ0n) is 19.7. The average Bonchev–Trinajstić information content (AvgIpc) is 3.65. The minimum absolute atomic E-state index is 0.0206. The standard InChI is InChI=1S/C25H32FN3O5S/c1-18(25(32)27-15-2-16-30)29(17-20-3-8-21(26)9-4-20)24(31)14-7-19-5-12-23(13-6-19)35(33,34)28-22-10-11-22/h3-6,8-9,12-13,18,22,28,30H,2,7,10-11,14-17H2,1H3,(H,27,32). The molecule has 3 N–H and O–H groups in total. The number of hydrogen-bond acceptors (Lipinski definition) is 5. The molecule has 0 bridgehead atoms. The number of halogens is 1. The number of carbonyl (C=O) groups excluding carboxylic acids is 2. The molecule has 0 aromatic heterocycles. The van der Waals surface area contributed by atoms with Gasteiger partial charge in [0.05, 0.1) is 4.90 Å². The van der Waals surface area contributed by atoms with E-state index in [2.05, 4.69) is 10.0 Å². The molecule has 10 heteroatoms. The highest BCUT2D eigenvalue weighted by molar-refractivity contribution is 7.89. The second-order valence-electron chi connectivity index (χ2n) is 8.73. The number of aryl methyl sites for hydroxylation is 1. The van der Waals surface area contributed by atoms with E-state index in [1.165, 1.54) is 29.2 Å². The van der Waals surface area contributed by atoms with Gasteiger partial charge in [-0.3, -0.25) is 9.59 Å². The Balaban J connectivity index is 1.65. The fourth-order valence-corrected chi connectivity index (χ4v) is 4.83. The number of hydrogen-bond donors (Lipinski definition) is 3. The highest BCUT2D eigenvalue weighted by Crippen LogP contribution is 2.22. The number of benzene rings is 2. The maximum absolute atomic E-state index is 13.3. The van der Waals surface area contributed by atoms with E-state index in [1.807, 2.05) is 0 Å². The van der Waals surface area contributed by atoms with Crippen molar-refractivity contribution in [2.24, 2.45) is 0 Å². The normalized spacial score (nSPS) is 14.4. The van der Waals surface area contributed by atoms with Crippen molar-refractivity contribution >= 4 is 21.8 Å². The minimum atomic E-state index is -3.54. The lowest BCUT2D eigenvalue weighted by atomic mass is 10.1. The van der Waals surface area contributed by atoms with Crippen LogP contribution in [0.2, 0.25) is 0 Å². The number of amides is 2. The van der Waals surface area contributed by atoms with Gasteiger partial charge in [0.25, 0.3) is 0 Å². The fourth-order valence-electron chi connectivity index (χ4n) is 3.53. The van der Waals surface area contributed by atoms with Gasteiger partial charge in [-0.25, -0.2) is 17.5 Å². The van der Waals surface area contributed by atoms with E-state index in [0.717, 1.165) is 18.4 Å². The molecule has 0 spiro atoms. The monoisotopic (exact) mass is 505 g/mol. The molecule has 0 saturated heterocycles. The Labute approximate surface area is 205 Å². The maximum atomic E-state index is 13.3. The van der Waals surface area contributed by atoms with Crippen LogP contribution in [0.25, 0.3) is 0 Å². The molecule has 35 heavy (non-hydrogen) atoms. The van der Waals surface area contributed by atoms with Crippen LogP contribution in [0.3, 0.4) is 0 Å². The summed E-state index contributed by atoms with van der Waals surface area (Å²) in [7, 11) is -3.54. The number of sulfonamides is 1. The second kappa shape index (κ2) is 12.2. The van der Waals surface area contributed by atoms with Crippen LogP contribution in [0.4, 0.5) is 4.39 Å². The average molecular weight is 506 g/mol. The van der Waals surface area contributed by atoms with Gasteiger partial charge in [-0.2, -0.15) is 0 Å². The molecule has 1 atom stereocenters. The molecule has 1 aliphatic carbocycles. The van der Waals surface area contributed by atoms with Crippen LogP contribution in [-0.4, -0.2) is 55.5 Å². The highest BCUT2D eigenvalue weighted by atomic mass is 32.2. The SMILES string of the molecule is CC(C(=O)NCCCO)N(Cc1ccc(F)cc1)C(=O)CCc1ccc(S(=O)(=O)NC2CC2)cc1. The highest BCUT2D eigenvalue weighted by Gasteiger charge is 2.28. The third-order valence-electron chi connectivity index (χ3n) is 5.83. The summed E-state index contributed by atoms with van der Waals surface area (Å²) >= 11 is 0. The minimum Gasteiger partial charge on any atom is -0.396 e. The zero-order valence-corrected chi connectivity index (χ0v) is 20.6. The first-order valence-electron chi connectivity index (χ1n) is 11.7. The van der Waals surface area contributed by atoms with Gasteiger partial charge in [-0.05, 0) is 68.0 Å². The van der Waals surface area contributed by atoms with Crippen LogP contribution in [0, 0.1) is 5.82 Å². The predicted molar refractivity (Wildman–Crippen MR) is 129 cm³/mol. The molecule has 190 valence electrons. The molecule has 1 saturated carbocycles. The van der Waals surface area contributed by atoms with Crippen molar-refractivity contribution in [1.29, 1.82) is 0 Å². The maximum Gasteiger partial charge on any atom is 0.242 e. The van der Waals surface area contributed by atoms with Crippen LogP contribution < -0.4 is 10.0 Å². The molecular weight excluding hydrogens is 473 g/mol. The summed E-state index contributed by atoms with van der Waals surface area (Å²) in [5.41, 5.74) is 1.48. The van der Waals surface area contributed by atoms with Crippen LogP contribution in [-0.2, 0) is 32.6 Å². The number of carbonyl (C=O) groups is 2. The summed E-state index contributed by atoms with van der Waals surface area (Å²) in [5, 5.41) is 11.6. The van der Waals surface area contributed by atoms with E-state index >= 15 is 0 Å². The van der Waals surface area contributed by atoms with E-state index < -0.39 is 16.1 Å². The summed E-state index contributed by atoms with van der Waals surface area (Å²) in [6.45, 7) is 2.01. The smallest absolute Gasteiger partial charge is 0.242 e. The lowest BCUT2D eigenvalue weighted by molar-refractivity contribution is -0.140. The first-order chi connectivity index (χ1) is 16.7. The van der Waals surface area contributed by atoms with Gasteiger partial charge in [-0.15, -0.1) is 0 Å². The van der Waals surface area contributed by atoms with E-state index in [0.29, 0.717) is 24.9 Å². The molecular formula is C25H32FN3O5S. The molecule has 2 aromatic carbocycles. The van der Waals surface area contributed by atoms with Crippen molar-refractivity contribution in [3.8, 4) is 0 Å². The van der Waals surface area contributed by atoms with Crippen molar-refractivity contribution in [3.05, 3.63) is 65.5 Å². The topological polar surface area (TPSA) is 116 Å². The van der Waals surface area contributed by atoms with Crippen LogP contribution in [0.5, 0.6) is 0 Å². The molecule has 2 aromatic rings. The van der Waals surface area contributed by atoms with Gasteiger partial charge in [0.15, 0.2) is 0 Å². The summed E-state index contributed by atoms with van der Waals surface area (Å²) in [4.78, 5) is 27.4. The first-order valence-corrected chi connectivity index (χ1v) is 13.2. The fraction of sp³-hybridized carbons (Fsp3) is 0.440. The molecule has 1 fully saturated rings. The van der Waals surface area contributed by atoms with Gasteiger partial charge < -0.3 is 15.3 Å². The number of aliphatic hydroxyl groups is 1. The third kappa shape index (κ3) is 8.12. The number of nitrogens with zero attached hydrogens (tertiary/aromatic N) is 1. The molecule has 8 nitrogen and oxygen atoms in total. The lowest BCUT2D eigenvalue weighted by Gasteiger charge is -2.29. The van der Waals surface area contributed by atoms with Crippen molar-refractivity contribution in [1.82, 2.24) is 14.9 Å². The Morgan fingerprint density at radius 2 is 1.71 bits per heavy atom. The number of nitrogens with one attached hydrogen (secondary N) is 2. The molecule has 2 amide bonds. The van der Waals surface area contributed by atoms with Gasteiger partial charge in [0.1, 0.15) is 11.9 Å².